The zero-order valence-electron chi connectivity index (χ0n) is 15.1. The molecular formula is C22H29N. The second-order valence-electron chi connectivity index (χ2n) is 5.06. The van der Waals surface area contributed by atoms with Gasteiger partial charge in [-0.2, -0.15) is 0 Å². The van der Waals surface area contributed by atoms with Gasteiger partial charge in [-0.25, -0.2) is 0 Å². The first-order chi connectivity index (χ1) is 11.3. The Morgan fingerprint density at radius 1 is 1.04 bits per heavy atom. The van der Waals surface area contributed by atoms with E-state index in [4.69, 9.17) is 0 Å². The maximum atomic E-state index is 2.32. The average molecular weight is 307 g/mol. The highest BCUT2D eigenvalue weighted by atomic mass is 15.2. The molecule has 0 atom stereocenters. The Bertz CT molecular complexity index is 613. The van der Waals surface area contributed by atoms with Crippen LogP contribution in [0.15, 0.2) is 89.8 Å². The molecule has 1 aromatic carbocycles. The van der Waals surface area contributed by atoms with Crippen molar-refractivity contribution in [2.45, 2.75) is 41.0 Å². The molecule has 0 aliphatic heterocycles. The molecule has 1 aliphatic carbocycles. The van der Waals surface area contributed by atoms with Crippen LogP contribution >= 0.6 is 0 Å². The van der Waals surface area contributed by atoms with Crippen LogP contribution in [0.25, 0.3) is 0 Å². The summed E-state index contributed by atoms with van der Waals surface area (Å²) in [6, 6.07) is 10.5. The Kier molecular flexibility index (Phi) is 8.52. The topological polar surface area (TPSA) is 3.24 Å². The number of hydrogen-bond acceptors (Lipinski definition) is 1. The number of anilines is 1. The second kappa shape index (κ2) is 10.4. The summed E-state index contributed by atoms with van der Waals surface area (Å²) < 4.78 is 0. The van der Waals surface area contributed by atoms with Crippen molar-refractivity contribution in [1.82, 2.24) is 0 Å². The summed E-state index contributed by atoms with van der Waals surface area (Å²) in [5, 5.41) is 0. The van der Waals surface area contributed by atoms with Gasteiger partial charge in [0.05, 0.1) is 0 Å². The van der Waals surface area contributed by atoms with E-state index in [0.29, 0.717) is 0 Å². The van der Waals surface area contributed by atoms with Crippen LogP contribution in [-0.2, 0) is 0 Å². The van der Waals surface area contributed by atoms with E-state index in [9.17, 15) is 0 Å². The minimum absolute atomic E-state index is 0.928. The lowest BCUT2D eigenvalue weighted by Gasteiger charge is -2.28. The number of para-hydroxylation sites is 1. The summed E-state index contributed by atoms with van der Waals surface area (Å²) in [5.74, 6) is 0. The highest BCUT2D eigenvalue weighted by Gasteiger charge is 2.14. The van der Waals surface area contributed by atoms with Crippen LogP contribution in [0.2, 0.25) is 0 Å². The molecule has 0 aromatic heterocycles. The molecule has 0 radical (unpaired) electrons. The van der Waals surface area contributed by atoms with Gasteiger partial charge in [-0.1, -0.05) is 68.0 Å². The molecule has 122 valence electrons. The van der Waals surface area contributed by atoms with Crippen LogP contribution in [0.5, 0.6) is 0 Å². The summed E-state index contributed by atoms with van der Waals surface area (Å²) >= 11 is 0. The standard InChI is InChI=1S/C20H23N.C2H6/c1-4-10-18(5-2)21(19-12-7-6-8-13-19)20-14-9-11-17(3)15-16-20;1-2/h4-13,15-16H,14H2,1-3H3;1-2H3/b10-4-,18-5+;. The molecule has 1 aliphatic rings. The quantitative estimate of drug-likeness (QED) is 0.553. The highest BCUT2D eigenvalue weighted by molar-refractivity contribution is 5.61. The minimum Gasteiger partial charge on any atom is -0.314 e. The third-order valence-corrected chi connectivity index (χ3v) is 3.44. The Labute approximate surface area is 142 Å². The van der Waals surface area contributed by atoms with Gasteiger partial charge in [0.15, 0.2) is 0 Å². The maximum absolute atomic E-state index is 2.32. The fourth-order valence-corrected chi connectivity index (χ4v) is 2.41. The van der Waals surface area contributed by atoms with Gasteiger partial charge < -0.3 is 4.90 Å². The summed E-state index contributed by atoms with van der Waals surface area (Å²) in [5.41, 5.74) is 4.94. The lowest BCUT2D eigenvalue weighted by Crippen LogP contribution is -2.20. The van der Waals surface area contributed by atoms with Crippen molar-refractivity contribution >= 4 is 5.69 Å². The molecule has 1 heteroatoms. The lowest BCUT2D eigenvalue weighted by molar-refractivity contribution is 1.03. The van der Waals surface area contributed by atoms with Gasteiger partial charge in [-0.15, -0.1) is 0 Å². The smallest absolute Gasteiger partial charge is 0.0458 e. The van der Waals surface area contributed by atoms with Crippen LogP contribution in [0.4, 0.5) is 5.69 Å². The molecule has 0 saturated heterocycles. The van der Waals surface area contributed by atoms with Gasteiger partial charge in [0.2, 0.25) is 0 Å². The maximum Gasteiger partial charge on any atom is 0.0458 e. The van der Waals surface area contributed by atoms with Crippen molar-refractivity contribution < 1.29 is 0 Å². The molecule has 0 spiro atoms. The van der Waals surface area contributed by atoms with Crippen molar-refractivity contribution in [2.24, 2.45) is 0 Å². The first kappa shape index (κ1) is 18.8. The first-order valence-electron chi connectivity index (χ1n) is 8.44. The fourth-order valence-electron chi connectivity index (χ4n) is 2.41. The van der Waals surface area contributed by atoms with Gasteiger partial charge >= 0.3 is 0 Å². The van der Waals surface area contributed by atoms with Gasteiger partial charge in [0.25, 0.3) is 0 Å². The second-order valence-corrected chi connectivity index (χ2v) is 5.06. The van der Waals surface area contributed by atoms with Crippen molar-refractivity contribution in [2.75, 3.05) is 4.90 Å². The van der Waals surface area contributed by atoms with Gasteiger partial charge in [0.1, 0.15) is 0 Å². The Hall–Kier alpha value is -2.28. The van der Waals surface area contributed by atoms with Crippen molar-refractivity contribution in [3.05, 3.63) is 89.8 Å². The molecule has 0 unspecified atom stereocenters. The van der Waals surface area contributed by atoms with Gasteiger partial charge in [-0.05, 0) is 45.1 Å². The summed E-state index contributed by atoms with van der Waals surface area (Å²) in [6.07, 6.45) is 16.1. The highest BCUT2D eigenvalue weighted by Crippen LogP contribution is 2.28. The van der Waals surface area contributed by atoms with Crippen LogP contribution in [0.3, 0.4) is 0 Å². The van der Waals surface area contributed by atoms with Crippen molar-refractivity contribution in [3.8, 4) is 0 Å². The molecule has 0 heterocycles. The van der Waals surface area contributed by atoms with Crippen LogP contribution in [0, 0.1) is 0 Å². The van der Waals surface area contributed by atoms with Crippen molar-refractivity contribution in [3.63, 3.8) is 0 Å². The molecule has 2 rings (SSSR count). The minimum atomic E-state index is 0.928. The predicted octanol–water partition coefficient (Wildman–Crippen LogP) is 6.79. The van der Waals surface area contributed by atoms with Gasteiger partial charge in [0, 0.05) is 23.5 Å². The molecule has 0 N–H and O–H groups in total. The molecular weight excluding hydrogens is 278 g/mol. The van der Waals surface area contributed by atoms with E-state index in [1.165, 1.54) is 22.7 Å². The zero-order valence-corrected chi connectivity index (χ0v) is 15.1. The van der Waals surface area contributed by atoms with E-state index < -0.39 is 0 Å². The number of hydrogen-bond donors (Lipinski definition) is 0. The molecule has 0 bridgehead atoms. The van der Waals surface area contributed by atoms with E-state index in [-0.39, 0.29) is 0 Å². The molecule has 0 amide bonds. The third-order valence-electron chi connectivity index (χ3n) is 3.44. The van der Waals surface area contributed by atoms with E-state index in [1.54, 1.807) is 0 Å². The first-order valence-corrected chi connectivity index (χ1v) is 8.44. The average Bonchev–Trinajstić information content (AvgIpc) is 2.82. The Balaban J connectivity index is 0.00000127. The van der Waals surface area contributed by atoms with E-state index in [2.05, 4.69) is 98.5 Å². The monoisotopic (exact) mass is 307 g/mol. The molecule has 23 heavy (non-hydrogen) atoms. The van der Waals surface area contributed by atoms with Gasteiger partial charge in [-0.3, -0.25) is 0 Å². The Morgan fingerprint density at radius 3 is 2.35 bits per heavy atom. The molecule has 0 saturated carbocycles. The fraction of sp³-hybridized carbons (Fsp3) is 0.273. The molecule has 1 nitrogen and oxygen atoms in total. The summed E-state index contributed by atoms with van der Waals surface area (Å²) in [6.45, 7) is 10.3. The number of allylic oxidation sites excluding steroid dienone is 8. The zero-order chi connectivity index (χ0) is 17.1. The van der Waals surface area contributed by atoms with E-state index in [0.717, 1.165) is 6.42 Å². The largest absolute Gasteiger partial charge is 0.314 e. The molecule has 0 fully saturated rings. The van der Waals surface area contributed by atoms with Crippen molar-refractivity contribution in [1.29, 1.82) is 0 Å². The lowest BCUT2D eigenvalue weighted by atomic mass is 10.1. The van der Waals surface area contributed by atoms with E-state index >= 15 is 0 Å². The predicted molar refractivity (Wildman–Crippen MR) is 104 cm³/mol. The number of benzene rings is 1. The number of nitrogens with zero attached hydrogens (tertiary/aromatic N) is 1. The van der Waals surface area contributed by atoms with Crippen LogP contribution in [-0.4, -0.2) is 0 Å². The Morgan fingerprint density at radius 2 is 1.74 bits per heavy atom. The van der Waals surface area contributed by atoms with Crippen LogP contribution in [0.1, 0.15) is 41.0 Å². The molecule has 1 aromatic rings. The third kappa shape index (κ3) is 5.45. The van der Waals surface area contributed by atoms with E-state index in [1.807, 2.05) is 13.8 Å². The SMILES string of the molecule is C/C=C\C(=C/C)N(C1=CC=C(C)C=CC1)c1ccccc1.CC. The summed E-state index contributed by atoms with van der Waals surface area (Å²) in [4.78, 5) is 2.32. The normalized spacial score (nSPS) is 14.6. The van der Waals surface area contributed by atoms with Crippen LogP contribution < -0.4 is 4.90 Å². The summed E-state index contributed by atoms with van der Waals surface area (Å²) in [7, 11) is 0. The number of rotatable bonds is 4.